The van der Waals surface area contributed by atoms with Gasteiger partial charge in [-0.1, -0.05) is 0 Å². The van der Waals surface area contributed by atoms with Gasteiger partial charge in [-0.2, -0.15) is 5.10 Å². The molecule has 0 aromatic carbocycles. The van der Waals surface area contributed by atoms with Crippen molar-refractivity contribution in [1.82, 2.24) is 20.0 Å². The van der Waals surface area contributed by atoms with Crippen LogP contribution in [0, 0.1) is 11.8 Å². The minimum atomic E-state index is -0.137. The summed E-state index contributed by atoms with van der Waals surface area (Å²) >= 11 is 0. The van der Waals surface area contributed by atoms with Crippen molar-refractivity contribution in [3.63, 3.8) is 0 Å². The molecule has 6 heteroatoms. The lowest BCUT2D eigenvalue weighted by molar-refractivity contribution is -0.137. The Balaban J connectivity index is 1.37. The van der Waals surface area contributed by atoms with Gasteiger partial charge in [0.2, 0.25) is 11.8 Å². The molecule has 3 fully saturated rings. The summed E-state index contributed by atoms with van der Waals surface area (Å²) < 4.78 is 0. The lowest BCUT2D eigenvalue weighted by atomic mass is 9.93. The van der Waals surface area contributed by atoms with Gasteiger partial charge in [0.15, 0.2) is 0 Å². The molecule has 0 unspecified atom stereocenters. The third-order valence-corrected chi connectivity index (χ3v) is 5.43. The molecule has 1 aromatic heterocycles. The van der Waals surface area contributed by atoms with Gasteiger partial charge < -0.3 is 9.80 Å². The predicted octanol–water partition coefficient (Wildman–Crippen LogP) is 1.37. The normalized spacial score (nSPS) is 28.4. The minimum absolute atomic E-state index is 0.137. The van der Waals surface area contributed by atoms with Crippen LogP contribution in [-0.4, -0.2) is 58.0 Å². The number of H-pyrrole nitrogens is 1. The highest BCUT2D eigenvalue weighted by Gasteiger charge is 2.39. The van der Waals surface area contributed by atoms with Crippen LogP contribution in [-0.2, 0) is 9.59 Å². The summed E-state index contributed by atoms with van der Waals surface area (Å²) in [6.45, 7) is 3.05. The van der Waals surface area contributed by atoms with E-state index in [-0.39, 0.29) is 17.7 Å². The van der Waals surface area contributed by atoms with Gasteiger partial charge >= 0.3 is 0 Å². The fourth-order valence-corrected chi connectivity index (χ4v) is 3.91. The Labute approximate surface area is 136 Å². The lowest BCUT2D eigenvalue weighted by Crippen LogP contribution is -2.43. The molecule has 0 radical (unpaired) electrons. The van der Waals surface area contributed by atoms with Gasteiger partial charge in [0.1, 0.15) is 0 Å². The highest BCUT2D eigenvalue weighted by atomic mass is 16.2. The number of likely N-dealkylation sites (tertiary alicyclic amines) is 2. The Morgan fingerprint density at radius 3 is 2.91 bits per heavy atom. The number of piperidine rings is 1. The Hall–Kier alpha value is -1.85. The average molecular weight is 316 g/mol. The van der Waals surface area contributed by atoms with Crippen molar-refractivity contribution in [2.24, 2.45) is 11.8 Å². The number of nitrogens with one attached hydrogen (secondary N) is 1. The quantitative estimate of drug-likeness (QED) is 0.912. The summed E-state index contributed by atoms with van der Waals surface area (Å²) in [7, 11) is 0. The number of aromatic amines is 1. The Morgan fingerprint density at radius 2 is 2.17 bits per heavy atom. The molecule has 6 nitrogen and oxygen atoms in total. The van der Waals surface area contributed by atoms with E-state index in [0.717, 1.165) is 38.2 Å². The van der Waals surface area contributed by atoms with Crippen molar-refractivity contribution >= 4 is 11.8 Å². The summed E-state index contributed by atoms with van der Waals surface area (Å²) in [4.78, 5) is 28.8. The summed E-state index contributed by atoms with van der Waals surface area (Å²) in [5.74, 6) is 1.22. The van der Waals surface area contributed by atoms with E-state index in [2.05, 4.69) is 10.2 Å². The summed E-state index contributed by atoms with van der Waals surface area (Å²) in [5, 5.41) is 7.05. The first-order valence-corrected chi connectivity index (χ1v) is 8.76. The third kappa shape index (κ3) is 3.12. The molecular formula is C17H24N4O2. The third-order valence-electron chi connectivity index (χ3n) is 5.43. The van der Waals surface area contributed by atoms with Crippen LogP contribution in [0.3, 0.4) is 0 Å². The number of aromatic nitrogens is 2. The molecule has 23 heavy (non-hydrogen) atoms. The van der Waals surface area contributed by atoms with Crippen molar-refractivity contribution in [2.75, 3.05) is 26.2 Å². The van der Waals surface area contributed by atoms with Gasteiger partial charge in [0.05, 0.1) is 5.92 Å². The van der Waals surface area contributed by atoms with Crippen molar-refractivity contribution in [3.8, 4) is 0 Å². The highest BCUT2D eigenvalue weighted by Crippen LogP contribution is 2.33. The van der Waals surface area contributed by atoms with Crippen molar-refractivity contribution in [2.45, 2.75) is 38.0 Å². The zero-order chi connectivity index (χ0) is 15.8. The maximum absolute atomic E-state index is 12.8. The zero-order valence-corrected chi connectivity index (χ0v) is 13.4. The Morgan fingerprint density at radius 1 is 1.30 bits per heavy atom. The molecule has 2 aliphatic heterocycles. The number of carbonyl (C=O) groups is 2. The molecule has 2 saturated heterocycles. The zero-order valence-electron chi connectivity index (χ0n) is 13.4. The first-order chi connectivity index (χ1) is 11.2. The fraction of sp³-hybridized carbons (Fsp3) is 0.706. The van der Waals surface area contributed by atoms with Crippen LogP contribution in [0.2, 0.25) is 0 Å². The van der Waals surface area contributed by atoms with Crippen LogP contribution >= 0.6 is 0 Å². The van der Waals surface area contributed by atoms with Gasteiger partial charge in [-0.25, -0.2) is 0 Å². The second-order valence-corrected chi connectivity index (χ2v) is 7.28. The van der Waals surface area contributed by atoms with Gasteiger partial charge in [-0.05, 0) is 37.7 Å². The van der Waals surface area contributed by atoms with Crippen LogP contribution in [0.1, 0.15) is 43.7 Å². The van der Waals surface area contributed by atoms with Crippen molar-refractivity contribution in [3.05, 3.63) is 18.0 Å². The van der Waals surface area contributed by atoms with E-state index in [1.807, 2.05) is 15.9 Å². The monoisotopic (exact) mass is 316 g/mol. The number of hydrogen-bond donors (Lipinski definition) is 1. The number of rotatable bonds is 4. The molecule has 1 aromatic rings. The van der Waals surface area contributed by atoms with Crippen molar-refractivity contribution in [1.29, 1.82) is 0 Å². The molecule has 3 aliphatic rings. The van der Waals surface area contributed by atoms with Gasteiger partial charge in [0.25, 0.3) is 0 Å². The molecule has 124 valence electrons. The Bertz CT molecular complexity index is 581. The van der Waals surface area contributed by atoms with E-state index in [4.69, 9.17) is 0 Å². The van der Waals surface area contributed by atoms with Crippen molar-refractivity contribution < 1.29 is 9.59 Å². The van der Waals surface area contributed by atoms with Crippen LogP contribution in [0.5, 0.6) is 0 Å². The molecule has 0 bridgehead atoms. The van der Waals surface area contributed by atoms with Gasteiger partial charge in [-0.15, -0.1) is 0 Å². The smallest absolute Gasteiger partial charge is 0.228 e. The predicted molar refractivity (Wildman–Crippen MR) is 84.6 cm³/mol. The standard InChI is InChI=1S/C17H24N4O2/c22-16-8-14(11-21(16)9-12-3-4-12)17(23)20-7-1-2-13(10-20)15-5-6-18-19-15/h5-6,12-14H,1-4,7-11H2,(H,18,19)/t13-,14-/m0/s1. The molecule has 2 atom stereocenters. The van der Waals surface area contributed by atoms with E-state index >= 15 is 0 Å². The largest absolute Gasteiger partial charge is 0.342 e. The first-order valence-electron chi connectivity index (χ1n) is 8.76. The van der Waals surface area contributed by atoms with Crippen LogP contribution < -0.4 is 0 Å². The van der Waals surface area contributed by atoms with Gasteiger partial charge in [-0.3, -0.25) is 14.7 Å². The maximum Gasteiger partial charge on any atom is 0.228 e. The van der Waals surface area contributed by atoms with Crippen LogP contribution in [0.15, 0.2) is 12.3 Å². The molecule has 1 aliphatic carbocycles. The molecule has 4 rings (SSSR count). The highest BCUT2D eigenvalue weighted by molar-refractivity contribution is 5.89. The van der Waals surface area contributed by atoms with E-state index < -0.39 is 0 Å². The Kier molecular flexibility index (Phi) is 3.83. The number of hydrogen-bond acceptors (Lipinski definition) is 3. The maximum atomic E-state index is 12.8. The van der Waals surface area contributed by atoms with Crippen LogP contribution in [0.4, 0.5) is 0 Å². The average Bonchev–Trinajstić information content (AvgIpc) is 3.08. The summed E-state index contributed by atoms with van der Waals surface area (Å²) in [6.07, 6.45) is 6.74. The number of carbonyl (C=O) groups excluding carboxylic acids is 2. The molecular weight excluding hydrogens is 292 g/mol. The molecule has 3 heterocycles. The SMILES string of the molecule is O=C1C[C@H](C(=O)N2CCC[C@H](c3ccn[nH]3)C2)CN1CC1CC1. The summed E-state index contributed by atoms with van der Waals surface area (Å²) in [5.41, 5.74) is 1.11. The minimum Gasteiger partial charge on any atom is -0.342 e. The fourth-order valence-electron chi connectivity index (χ4n) is 3.91. The molecule has 2 amide bonds. The lowest BCUT2D eigenvalue weighted by Gasteiger charge is -2.33. The van der Waals surface area contributed by atoms with E-state index in [1.54, 1.807) is 6.20 Å². The molecule has 1 N–H and O–H groups in total. The van der Waals surface area contributed by atoms with E-state index in [9.17, 15) is 9.59 Å². The second kappa shape index (κ2) is 5.98. The first kappa shape index (κ1) is 14.7. The molecule has 1 saturated carbocycles. The topological polar surface area (TPSA) is 69.3 Å². The van der Waals surface area contributed by atoms with Gasteiger partial charge in [0, 0.05) is 50.4 Å². The van der Waals surface area contributed by atoms with Crippen LogP contribution in [0.25, 0.3) is 0 Å². The second-order valence-electron chi connectivity index (χ2n) is 7.28. The summed E-state index contributed by atoms with van der Waals surface area (Å²) in [6, 6.07) is 2.00. The number of nitrogens with zero attached hydrogens (tertiary/aromatic N) is 3. The number of amides is 2. The van der Waals surface area contributed by atoms with E-state index in [0.29, 0.717) is 24.8 Å². The van der Waals surface area contributed by atoms with E-state index in [1.165, 1.54) is 12.8 Å². The molecule has 0 spiro atoms.